The van der Waals surface area contributed by atoms with Crippen molar-refractivity contribution in [1.82, 2.24) is 5.32 Å². The fourth-order valence-corrected chi connectivity index (χ4v) is 2.15. The number of hydrogen-bond donors (Lipinski definition) is 2. The van der Waals surface area contributed by atoms with E-state index in [0.717, 1.165) is 25.2 Å². The average Bonchev–Trinajstić information content (AvgIpc) is 2.39. The van der Waals surface area contributed by atoms with Crippen LogP contribution in [0.25, 0.3) is 0 Å². The van der Waals surface area contributed by atoms with Gasteiger partial charge in [-0.2, -0.15) is 0 Å². The molecule has 2 rings (SSSR count). The first-order chi connectivity index (χ1) is 8.81. The predicted octanol–water partition coefficient (Wildman–Crippen LogP) is 1.70. The third-order valence-electron chi connectivity index (χ3n) is 3.10. The van der Waals surface area contributed by atoms with Gasteiger partial charge >= 0.3 is 0 Å². The van der Waals surface area contributed by atoms with E-state index in [1.807, 2.05) is 19.1 Å². The molecular weight excluding hydrogens is 228 g/mol. The summed E-state index contributed by atoms with van der Waals surface area (Å²) in [5.41, 5.74) is 3.48. The first-order valence-corrected chi connectivity index (χ1v) is 6.50. The quantitative estimate of drug-likeness (QED) is 0.780. The van der Waals surface area contributed by atoms with E-state index in [4.69, 9.17) is 4.74 Å². The highest BCUT2D eigenvalue weighted by molar-refractivity contribution is 5.91. The van der Waals surface area contributed by atoms with Crippen LogP contribution in [-0.4, -0.2) is 25.7 Å². The van der Waals surface area contributed by atoms with E-state index in [2.05, 4.69) is 16.7 Å². The Morgan fingerprint density at radius 1 is 1.50 bits per heavy atom. The highest BCUT2D eigenvalue weighted by Gasteiger charge is 2.13. The number of fused-ring (bicyclic) bond motifs is 1. The summed E-state index contributed by atoms with van der Waals surface area (Å²) in [6.45, 7) is 4.90. The monoisotopic (exact) mass is 248 g/mol. The van der Waals surface area contributed by atoms with E-state index in [-0.39, 0.29) is 5.91 Å². The van der Waals surface area contributed by atoms with Gasteiger partial charge in [0.1, 0.15) is 0 Å². The van der Waals surface area contributed by atoms with Gasteiger partial charge in [0, 0.05) is 18.8 Å². The Labute approximate surface area is 108 Å². The van der Waals surface area contributed by atoms with Crippen molar-refractivity contribution in [1.29, 1.82) is 0 Å². The van der Waals surface area contributed by atoms with Gasteiger partial charge in [0.2, 0.25) is 5.91 Å². The average molecular weight is 248 g/mol. The van der Waals surface area contributed by atoms with E-state index in [1.54, 1.807) is 0 Å². The Morgan fingerprint density at radius 2 is 2.39 bits per heavy atom. The molecule has 0 atom stereocenters. The number of carbonyl (C=O) groups is 1. The molecule has 0 aliphatic carbocycles. The summed E-state index contributed by atoms with van der Waals surface area (Å²) in [5.74, 6) is 0.0161. The van der Waals surface area contributed by atoms with Crippen LogP contribution in [0.5, 0.6) is 0 Å². The number of nitrogens with one attached hydrogen (secondary N) is 2. The molecule has 0 saturated heterocycles. The van der Waals surface area contributed by atoms with E-state index in [0.29, 0.717) is 19.6 Å². The van der Waals surface area contributed by atoms with Gasteiger partial charge in [-0.3, -0.25) is 4.79 Å². The minimum Gasteiger partial charge on any atom is -0.381 e. The predicted molar refractivity (Wildman–Crippen MR) is 71.6 cm³/mol. The maximum Gasteiger partial charge on any atom is 0.226 e. The summed E-state index contributed by atoms with van der Waals surface area (Å²) >= 11 is 0. The molecule has 1 aliphatic rings. The summed E-state index contributed by atoms with van der Waals surface area (Å²) in [6, 6.07) is 6.10. The van der Waals surface area contributed by atoms with Crippen molar-refractivity contribution in [3.63, 3.8) is 0 Å². The molecule has 1 heterocycles. The van der Waals surface area contributed by atoms with E-state index in [9.17, 15) is 4.79 Å². The van der Waals surface area contributed by atoms with E-state index in [1.165, 1.54) is 11.1 Å². The third-order valence-corrected chi connectivity index (χ3v) is 3.10. The zero-order chi connectivity index (χ0) is 12.8. The molecular formula is C14H20N2O2. The number of ether oxygens (including phenoxy) is 1. The molecule has 0 aromatic heterocycles. The van der Waals surface area contributed by atoms with Crippen molar-refractivity contribution in [3.8, 4) is 0 Å². The first kappa shape index (κ1) is 13.1. The first-order valence-electron chi connectivity index (χ1n) is 6.50. The second-order valence-corrected chi connectivity index (χ2v) is 4.37. The molecule has 0 bridgehead atoms. The smallest absolute Gasteiger partial charge is 0.226 e. The molecule has 0 fully saturated rings. The summed E-state index contributed by atoms with van der Waals surface area (Å²) in [6.07, 6.45) is 1.43. The van der Waals surface area contributed by atoms with Crippen LogP contribution in [-0.2, 0) is 22.5 Å². The zero-order valence-electron chi connectivity index (χ0n) is 10.8. The lowest BCUT2D eigenvalue weighted by Crippen LogP contribution is -2.25. The molecule has 0 saturated carbocycles. The lowest BCUT2D eigenvalue weighted by atomic mass is 9.99. The molecule has 2 N–H and O–H groups in total. The maximum absolute atomic E-state index is 11.8. The van der Waals surface area contributed by atoms with Crippen molar-refractivity contribution in [2.75, 3.05) is 25.1 Å². The highest BCUT2D eigenvalue weighted by Crippen LogP contribution is 2.22. The van der Waals surface area contributed by atoms with Crippen LogP contribution < -0.4 is 10.6 Å². The fourth-order valence-electron chi connectivity index (χ4n) is 2.15. The van der Waals surface area contributed by atoms with Crippen LogP contribution in [0.15, 0.2) is 18.2 Å². The second kappa shape index (κ2) is 6.52. The summed E-state index contributed by atoms with van der Waals surface area (Å²) < 4.78 is 5.18. The lowest BCUT2D eigenvalue weighted by Gasteiger charge is -2.20. The zero-order valence-corrected chi connectivity index (χ0v) is 10.8. The van der Waals surface area contributed by atoms with E-state index >= 15 is 0 Å². The third kappa shape index (κ3) is 3.31. The molecule has 98 valence electrons. The van der Waals surface area contributed by atoms with Crippen LogP contribution in [0.4, 0.5) is 5.69 Å². The van der Waals surface area contributed by atoms with Gasteiger partial charge in [0.05, 0.1) is 13.0 Å². The molecule has 0 unspecified atom stereocenters. The normalized spacial score (nSPS) is 14.1. The van der Waals surface area contributed by atoms with E-state index < -0.39 is 0 Å². The molecule has 1 aromatic rings. The molecule has 0 radical (unpaired) electrons. The molecule has 1 aliphatic heterocycles. The van der Waals surface area contributed by atoms with Gasteiger partial charge in [0.25, 0.3) is 0 Å². The summed E-state index contributed by atoms with van der Waals surface area (Å²) in [5, 5.41) is 6.30. The van der Waals surface area contributed by atoms with Gasteiger partial charge in [-0.05, 0) is 37.1 Å². The van der Waals surface area contributed by atoms with Crippen molar-refractivity contribution >= 4 is 11.6 Å². The SMILES string of the molecule is CCOCCC(=O)Nc1cccc2c1CNCC2. The Morgan fingerprint density at radius 3 is 3.22 bits per heavy atom. The number of rotatable bonds is 5. The highest BCUT2D eigenvalue weighted by atomic mass is 16.5. The van der Waals surface area contributed by atoms with Crippen molar-refractivity contribution in [3.05, 3.63) is 29.3 Å². The number of amides is 1. The fraction of sp³-hybridized carbons (Fsp3) is 0.500. The van der Waals surface area contributed by atoms with Gasteiger partial charge in [-0.15, -0.1) is 0 Å². The van der Waals surface area contributed by atoms with Gasteiger partial charge < -0.3 is 15.4 Å². The minimum absolute atomic E-state index is 0.0161. The van der Waals surface area contributed by atoms with Crippen LogP contribution >= 0.6 is 0 Å². The molecule has 1 aromatic carbocycles. The molecule has 4 heteroatoms. The Hall–Kier alpha value is -1.39. The molecule has 4 nitrogen and oxygen atoms in total. The standard InChI is InChI=1S/C14H20N2O2/c1-2-18-9-7-14(17)16-13-5-3-4-11-6-8-15-10-12(11)13/h3-5,15H,2,6-10H2,1H3,(H,16,17). The van der Waals surface area contributed by atoms with Crippen LogP contribution in [0.1, 0.15) is 24.5 Å². The van der Waals surface area contributed by atoms with Crippen LogP contribution in [0, 0.1) is 0 Å². The summed E-state index contributed by atoms with van der Waals surface area (Å²) in [7, 11) is 0. The van der Waals surface area contributed by atoms with Gasteiger partial charge in [-0.1, -0.05) is 12.1 Å². The number of hydrogen-bond acceptors (Lipinski definition) is 3. The van der Waals surface area contributed by atoms with Gasteiger partial charge in [0.15, 0.2) is 0 Å². The Balaban J connectivity index is 1.98. The molecule has 1 amide bonds. The van der Waals surface area contributed by atoms with Gasteiger partial charge in [-0.25, -0.2) is 0 Å². The largest absolute Gasteiger partial charge is 0.381 e. The summed E-state index contributed by atoms with van der Waals surface area (Å²) in [4.78, 5) is 11.8. The lowest BCUT2D eigenvalue weighted by molar-refractivity contribution is -0.117. The molecule has 18 heavy (non-hydrogen) atoms. The Bertz CT molecular complexity index is 418. The van der Waals surface area contributed by atoms with Crippen molar-refractivity contribution in [2.24, 2.45) is 0 Å². The van der Waals surface area contributed by atoms with Crippen LogP contribution in [0.2, 0.25) is 0 Å². The Kier molecular flexibility index (Phi) is 4.73. The second-order valence-electron chi connectivity index (χ2n) is 4.37. The number of benzene rings is 1. The number of carbonyl (C=O) groups excluding carboxylic acids is 1. The number of anilines is 1. The topological polar surface area (TPSA) is 50.4 Å². The van der Waals surface area contributed by atoms with Crippen molar-refractivity contribution < 1.29 is 9.53 Å². The maximum atomic E-state index is 11.8. The molecule has 0 spiro atoms. The minimum atomic E-state index is 0.0161. The van der Waals surface area contributed by atoms with Crippen molar-refractivity contribution in [2.45, 2.75) is 26.3 Å². The van der Waals surface area contributed by atoms with Crippen LogP contribution in [0.3, 0.4) is 0 Å².